The van der Waals surface area contributed by atoms with Gasteiger partial charge in [0, 0.05) is 6.42 Å². The predicted octanol–water partition coefficient (Wildman–Crippen LogP) is 2.14. The van der Waals surface area contributed by atoms with Crippen LogP contribution in [-0.2, 0) is 0 Å². The fourth-order valence-electron chi connectivity index (χ4n) is 0.675. The number of nitrogens with zero attached hydrogens (tertiary/aromatic N) is 1. The summed E-state index contributed by atoms with van der Waals surface area (Å²) in [6, 6.07) is 3.43. The summed E-state index contributed by atoms with van der Waals surface area (Å²) >= 11 is 5.57. The summed E-state index contributed by atoms with van der Waals surface area (Å²) < 4.78 is 5.24. The largest absolute Gasteiger partial charge is 0.491 e. The molecule has 0 atom stereocenters. The molecule has 3 heteroatoms. The van der Waals surface area contributed by atoms with Gasteiger partial charge in [0.1, 0.15) is 10.9 Å². The van der Waals surface area contributed by atoms with E-state index < -0.39 is 0 Å². The summed E-state index contributed by atoms with van der Waals surface area (Å²) in [5, 5.41) is 0.458. The first-order valence-corrected chi connectivity index (χ1v) is 3.88. The summed E-state index contributed by atoms with van der Waals surface area (Å²) in [6.07, 6.45) is 7.22. The fourth-order valence-corrected chi connectivity index (χ4v) is 0.787. The van der Waals surface area contributed by atoms with Gasteiger partial charge in [0.05, 0.1) is 12.8 Å². The third kappa shape index (κ3) is 2.81. The zero-order valence-corrected chi connectivity index (χ0v) is 7.21. The number of rotatable bonds is 3. The molecule has 1 aromatic heterocycles. The van der Waals surface area contributed by atoms with Crippen LogP contribution in [0.2, 0.25) is 5.15 Å². The monoisotopic (exact) mass is 181 g/mol. The first-order chi connectivity index (χ1) is 5.83. The van der Waals surface area contributed by atoms with Gasteiger partial charge in [-0.2, -0.15) is 0 Å². The van der Waals surface area contributed by atoms with E-state index in [0.29, 0.717) is 23.9 Å². The second kappa shape index (κ2) is 4.63. The summed E-state index contributed by atoms with van der Waals surface area (Å²) in [5.41, 5.74) is 0. The van der Waals surface area contributed by atoms with Gasteiger partial charge in [0.25, 0.3) is 0 Å². The molecule has 0 saturated heterocycles. The number of pyridine rings is 1. The summed E-state index contributed by atoms with van der Waals surface area (Å²) in [6.45, 7) is 0.514. The van der Waals surface area contributed by atoms with Gasteiger partial charge in [0.15, 0.2) is 0 Å². The lowest BCUT2D eigenvalue weighted by Gasteiger charge is -2.01. The van der Waals surface area contributed by atoms with E-state index in [4.69, 9.17) is 22.8 Å². The quantitative estimate of drug-likeness (QED) is 0.405. The van der Waals surface area contributed by atoms with Crippen LogP contribution in [0.5, 0.6) is 5.75 Å². The lowest BCUT2D eigenvalue weighted by Crippen LogP contribution is -1.95. The number of terminal acetylenes is 1. The van der Waals surface area contributed by atoms with Crippen LogP contribution >= 0.6 is 11.6 Å². The molecule has 0 amide bonds. The number of aromatic nitrogens is 1. The highest BCUT2D eigenvalue weighted by molar-refractivity contribution is 6.29. The Bertz CT molecular complexity index is 276. The Kier molecular flexibility index (Phi) is 3.43. The lowest BCUT2D eigenvalue weighted by atomic mass is 10.4. The van der Waals surface area contributed by atoms with Crippen molar-refractivity contribution in [3.63, 3.8) is 0 Å². The minimum atomic E-state index is 0.458. The zero-order chi connectivity index (χ0) is 8.81. The molecule has 0 aliphatic carbocycles. The minimum absolute atomic E-state index is 0.458. The Hall–Kier alpha value is -1.20. The molecule has 1 rings (SSSR count). The van der Waals surface area contributed by atoms with Crippen molar-refractivity contribution in [3.8, 4) is 18.1 Å². The van der Waals surface area contributed by atoms with E-state index >= 15 is 0 Å². The van der Waals surface area contributed by atoms with Crippen LogP contribution in [0, 0.1) is 12.3 Å². The van der Waals surface area contributed by atoms with Crippen LogP contribution in [0.3, 0.4) is 0 Å². The molecule has 62 valence electrons. The van der Waals surface area contributed by atoms with Crippen molar-refractivity contribution in [2.45, 2.75) is 6.42 Å². The Morgan fingerprint density at radius 2 is 2.42 bits per heavy atom. The van der Waals surface area contributed by atoms with Crippen LogP contribution in [-0.4, -0.2) is 11.6 Å². The zero-order valence-electron chi connectivity index (χ0n) is 6.46. The molecule has 1 heterocycles. The van der Waals surface area contributed by atoms with Gasteiger partial charge in [-0.05, 0) is 12.1 Å². The molecule has 0 aromatic carbocycles. The minimum Gasteiger partial charge on any atom is -0.491 e. The van der Waals surface area contributed by atoms with E-state index in [0.717, 1.165) is 0 Å². The lowest BCUT2D eigenvalue weighted by molar-refractivity contribution is 0.326. The Morgan fingerprint density at radius 3 is 3.00 bits per heavy atom. The maximum absolute atomic E-state index is 5.57. The first kappa shape index (κ1) is 8.89. The van der Waals surface area contributed by atoms with Crippen molar-refractivity contribution in [2.75, 3.05) is 6.61 Å². The molecule has 1 aromatic rings. The average Bonchev–Trinajstić information content (AvgIpc) is 2.09. The summed E-state index contributed by atoms with van der Waals surface area (Å²) in [4.78, 5) is 3.85. The van der Waals surface area contributed by atoms with Crippen LogP contribution in [0.4, 0.5) is 0 Å². The second-order valence-electron chi connectivity index (χ2n) is 2.12. The molecule has 2 nitrogen and oxygen atoms in total. The highest BCUT2D eigenvalue weighted by atomic mass is 35.5. The van der Waals surface area contributed by atoms with Crippen LogP contribution in [0.25, 0.3) is 0 Å². The smallest absolute Gasteiger partial charge is 0.137 e. The van der Waals surface area contributed by atoms with E-state index in [-0.39, 0.29) is 0 Å². The highest BCUT2D eigenvalue weighted by Crippen LogP contribution is 2.11. The summed E-state index contributed by atoms with van der Waals surface area (Å²) in [7, 11) is 0. The van der Waals surface area contributed by atoms with Crippen LogP contribution in [0.1, 0.15) is 6.42 Å². The number of hydrogen-bond acceptors (Lipinski definition) is 2. The maximum Gasteiger partial charge on any atom is 0.137 e. The third-order valence-electron chi connectivity index (χ3n) is 1.22. The number of ether oxygens (including phenoxy) is 1. The van der Waals surface area contributed by atoms with E-state index in [9.17, 15) is 0 Å². The van der Waals surface area contributed by atoms with Gasteiger partial charge >= 0.3 is 0 Å². The predicted molar refractivity (Wildman–Crippen MR) is 48.2 cm³/mol. The van der Waals surface area contributed by atoms with Gasteiger partial charge in [0.2, 0.25) is 0 Å². The van der Waals surface area contributed by atoms with Crippen LogP contribution < -0.4 is 4.74 Å². The van der Waals surface area contributed by atoms with Gasteiger partial charge in [-0.3, -0.25) is 0 Å². The molecule has 0 spiro atoms. The maximum atomic E-state index is 5.57. The molecule has 0 radical (unpaired) electrons. The summed E-state index contributed by atoms with van der Waals surface area (Å²) in [5.74, 6) is 3.17. The molecule has 0 bridgehead atoms. The Labute approximate surface area is 76.5 Å². The molecule has 0 unspecified atom stereocenters. The molecular weight excluding hydrogens is 174 g/mol. The normalized spacial score (nSPS) is 9.00. The van der Waals surface area contributed by atoms with Gasteiger partial charge in [-0.15, -0.1) is 12.3 Å². The Morgan fingerprint density at radius 1 is 1.58 bits per heavy atom. The van der Waals surface area contributed by atoms with Gasteiger partial charge < -0.3 is 4.74 Å². The third-order valence-corrected chi connectivity index (χ3v) is 1.44. The molecule has 0 saturated carbocycles. The van der Waals surface area contributed by atoms with Gasteiger partial charge in [-0.25, -0.2) is 4.98 Å². The molecule has 0 fully saturated rings. The Balaban J connectivity index is 2.43. The average molecular weight is 182 g/mol. The standard InChI is InChI=1S/C9H8ClNO/c1-2-3-6-12-8-4-5-9(10)11-7-8/h1,4-5,7H,3,6H2. The topological polar surface area (TPSA) is 22.1 Å². The van der Waals surface area contributed by atoms with Crippen LogP contribution in [0.15, 0.2) is 18.3 Å². The van der Waals surface area contributed by atoms with E-state index in [1.165, 1.54) is 0 Å². The van der Waals surface area contributed by atoms with E-state index in [2.05, 4.69) is 10.9 Å². The van der Waals surface area contributed by atoms with Crippen molar-refractivity contribution in [1.82, 2.24) is 4.98 Å². The molecule has 12 heavy (non-hydrogen) atoms. The molecular formula is C9H8ClNO. The number of hydrogen-bond donors (Lipinski definition) is 0. The fraction of sp³-hybridized carbons (Fsp3) is 0.222. The van der Waals surface area contributed by atoms with Gasteiger partial charge in [-0.1, -0.05) is 11.6 Å². The van der Waals surface area contributed by atoms with Crippen molar-refractivity contribution in [1.29, 1.82) is 0 Å². The van der Waals surface area contributed by atoms with Crippen molar-refractivity contribution in [3.05, 3.63) is 23.5 Å². The SMILES string of the molecule is C#CCCOc1ccc(Cl)nc1. The van der Waals surface area contributed by atoms with Crippen molar-refractivity contribution < 1.29 is 4.74 Å². The van der Waals surface area contributed by atoms with E-state index in [1.54, 1.807) is 18.3 Å². The van der Waals surface area contributed by atoms with Crippen molar-refractivity contribution >= 4 is 11.6 Å². The van der Waals surface area contributed by atoms with Crippen molar-refractivity contribution in [2.24, 2.45) is 0 Å². The first-order valence-electron chi connectivity index (χ1n) is 3.51. The number of halogens is 1. The van der Waals surface area contributed by atoms with E-state index in [1.807, 2.05) is 0 Å². The molecule has 0 aliphatic rings. The molecule has 0 N–H and O–H groups in total. The molecule has 0 aliphatic heterocycles. The second-order valence-corrected chi connectivity index (χ2v) is 2.51. The highest BCUT2D eigenvalue weighted by Gasteiger charge is 1.92.